The second-order valence-corrected chi connectivity index (χ2v) is 4.78. The van der Waals surface area contributed by atoms with Crippen LogP contribution < -0.4 is 10.1 Å². The van der Waals surface area contributed by atoms with Crippen molar-refractivity contribution in [3.05, 3.63) is 29.8 Å². The predicted molar refractivity (Wildman–Crippen MR) is 75.5 cm³/mol. The first kappa shape index (κ1) is 16.0. The Hall–Kier alpha value is -2.04. The normalized spacial score (nSPS) is 13.2. The first-order chi connectivity index (χ1) is 9.42. The molecule has 0 radical (unpaired) electrons. The summed E-state index contributed by atoms with van der Waals surface area (Å²) in [4.78, 5) is 23.5. The number of benzene rings is 1. The molecule has 0 heterocycles. The molecule has 1 amide bonds. The van der Waals surface area contributed by atoms with Gasteiger partial charge in [-0.2, -0.15) is 0 Å². The Labute approximate surface area is 119 Å². The van der Waals surface area contributed by atoms with Crippen LogP contribution in [-0.4, -0.2) is 31.1 Å². The van der Waals surface area contributed by atoms with E-state index in [9.17, 15) is 9.59 Å². The topological polar surface area (TPSA) is 64.6 Å². The third kappa shape index (κ3) is 3.98. The molecule has 0 saturated carbocycles. The van der Waals surface area contributed by atoms with Crippen LogP contribution in [0.25, 0.3) is 0 Å². The highest BCUT2D eigenvalue weighted by molar-refractivity contribution is 5.88. The van der Waals surface area contributed by atoms with Gasteiger partial charge in [-0.1, -0.05) is 25.1 Å². The van der Waals surface area contributed by atoms with Gasteiger partial charge in [0.2, 0.25) is 0 Å². The van der Waals surface area contributed by atoms with Gasteiger partial charge in [0.25, 0.3) is 5.91 Å². The van der Waals surface area contributed by atoms with E-state index in [0.717, 1.165) is 5.56 Å². The highest BCUT2D eigenvalue weighted by atomic mass is 16.5. The van der Waals surface area contributed by atoms with Crippen LogP contribution in [0.3, 0.4) is 0 Å². The Balaban J connectivity index is 2.60. The fraction of sp³-hybridized carbons (Fsp3) is 0.467. The van der Waals surface area contributed by atoms with Crippen molar-refractivity contribution in [2.45, 2.75) is 32.7 Å². The van der Waals surface area contributed by atoms with E-state index in [1.165, 1.54) is 7.11 Å². The third-order valence-electron chi connectivity index (χ3n) is 3.21. The van der Waals surface area contributed by atoms with Crippen molar-refractivity contribution in [3.8, 4) is 5.75 Å². The van der Waals surface area contributed by atoms with Gasteiger partial charge < -0.3 is 14.8 Å². The fourth-order valence-corrected chi connectivity index (χ4v) is 1.71. The quantitative estimate of drug-likeness (QED) is 0.807. The summed E-state index contributed by atoms with van der Waals surface area (Å²) in [6, 6.07) is 7.43. The van der Waals surface area contributed by atoms with Gasteiger partial charge in [-0.3, -0.25) is 4.79 Å². The largest absolute Gasteiger partial charge is 0.484 e. The fourth-order valence-electron chi connectivity index (χ4n) is 1.71. The molecule has 1 aromatic rings. The molecule has 0 aliphatic heterocycles. The third-order valence-corrected chi connectivity index (χ3v) is 3.21. The molecule has 1 atom stereocenters. The standard InChI is InChI=1S/C15H21NO4/c1-5-15(3,14(18)19-4)16-13(17)10-20-12-9-7-6-8-11(12)2/h6-9H,5,10H2,1-4H3,(H,16,17)/t15-/m0/s1. The Morgan fingerprint density at radius 2 is 1.95 bits per heavy atom. The van der Waals surface area contributed by atoms with Crippen LogP contribution in [0.5, 0.6) is 5.75 Å². The Morgan fingerprint density at radius 3 is 2.50 bits per heavy atom. The number of esters is 1. The summed E-state index contributed by atoms with van der Waals surface area (Å²) in [5.41, 5.74) is -0.0764. The number of amides is 1. The van der Waals surface area contributed by atoms with Crippen molar-refractivity contribution in [1.82, 2.24) is 5.32 Å². The summed E-state index contributed by atoms with van der Waals surface area (Å²) >= 11 is 0. The number of methoxy groups -OCH3 is 1. The van der Waals surface area contributed by atoms with E-state index in [2.05, 4.69) is 5.32 Å². The number of ether oxygens (including phenoxy) is 2. The molecule has 1 aromatic carbocycles. The molecule has 0 bridgehead atoms. The lowest BCUT2D eigenvalue weighted by atomic mass is 9.99. The van der Waals surface area contributed by atoms with Crippen LogP contribution in [0.2, 0.25) is 0 Å². The Bertz CT molecular complexity index is 487. The monoisotopic (exact) mass is 279 g/mol. The molecule has 20 heavy (non-hydrogen) atoms. The van der Waals surface area contributed by atoms with Crippen molar-refractivity contribution >= 4 is 11.9 Å². The number of hydrogen-bond donors (Lipinski definition) is 1. The number of rotatable bonds is 6. The van der Waals surface area contributed by atoms with Gasteiger partial charge in [-0.05, 0) is 31.9 Å². The van der Waals surface area contributed by atoms with E-state index in [1.54, 1.807) is 19.9 Å². The molecule has 0 fully saturated rings. The van der Waals surface area contributed by atoms with Gasteiger partial charge in [-0.15, -0.1) is 0 Å². The van der Waals surface area contributed by atoms with Gasteiger partial charge in [0.1, 0.15) is 11.3 Å². The van der Waals surface area contributed by atoms with Gasteiger partial charge >= 0.3 is 5.97 Å². The average molecular weight is 279 g/mol. The van der Waals surface area contributed by atoms with Crippen LogP contribution in [-0.2, 0) is 14.3 Å². The maximum atomic E-state index is 11.9. The summed E-state index contributed by atoms with van der Waals surface area (Å²) < 4.78 is 10.1. The van der Waals surface area contributed by atoms with Crippen LogP contribution in [0.1, 0.15) is 25.8 Å². The molecule has 0 aromatic heterocycles. The lowest BCUT2D eigenvalue weighted by molar-refractivity contribution is -0.150. The molecular formula is C15H21NO4. The summed E-state index contributed by atoms with van der Waals surface area (Å²) in [7, 11) is 1.30. The average Bonchev–Trinajstić information content (AvgIpc) is 2.45. The Morgan fingerprint density at radius 1 is 1.30 bits per heavy atom. The molecule has 0 saturated heterocycles. The molecule has 0 spiro atoms. The zero-order valence-corrected chi connectivity index (χ0v) is 12.4. The first-order valence-electron chi connectivity index (χ1n) is 6.50. The molecule has 0 aliphatic carbocycles. The minimum Gasteiger partial charge on any atom is -0.484 e. The number of aryl methyl sites for hydroxylation is 1. The first-order valence-corrected chi connectivity index (χ1v) is 6.50. The summed E-state index contributed by atoms with van der Waals surface area (Å²) in [5, 5.41) is 2.64. The molecule has 0 unspecified atom stereocenters. The second-order valence-electron chi connectivity index (χ2n) is 4.78. The van der Waals surface area contributed by atoms with Crippen LogP contribution in [0.15, 0.2) is 24.3 Å². The van der Waals surface area contributed by atoms with E-state index in [4.69, 9.17) is 9.47 Å². The zero-order chi connectivity index (χ0) is 15.2. The maximum absolute atomic E-state index is 11.9. The van der Waals surface area contributed by atoms with E-state index in [0.29, 0.717) is 12.2 Å². The van der Waals surface area contributed by atoms with Gasteiger partial charge in [0, 0.05) is 0 Å². The molecule has 5 heteroatoms. The van der Waals surface area contributed by atoms with Gasteiger partial charge in [0.05, 0.1) is 7.11 Å². The SMILES string of the molecule is CC[C@](C)(NC(=O)COc1ccccc1C)C(=O)OC. The van der Waals surface area contributed by atoms with Gasteiger partial charge in [0.15, 0.2) is 6.61 Å². The lowest BCUT2D eigenvalue weighted by Gasteiger charge is -2.26. The van der Waals surface area contributed by atoms with Crippen molar-refractivity contribution in [1.29, 1.82) is 0 Å². The lowest BCUT2D eigenvalue weighted by Crippen LogP contribution is -2.53. The van der Waals surface area contributed by atoms with Crippen LogP contribution in [0.4, 0.5) is 0 Å². The summed E-state index contributed by atoms with van der Waals surface area (Å²) in [5.74, 6) is -0.175. The molecule has 0 aliphatic rings. The van der Waals surface area contributed by atoms with E-state index in [-0.39, 0.29) is 12.5 Å². The minimum atomic E-state index is -1.03. The molecule has 5 nitrogen and oxygen atoms in total. The zero-order valence-electron chi connectivity index (χ0n) is 12.4. The summed E-state index contributed by atoms with van der Waals surface area (Å²) in [6.45, 7) is 5.19. The molecule has 110 valence electrons. The number of carbonyl (C=O) groups excluding carboxylic acids is 2. The maximum Gasteiger partial charge on any atom is 0.331 e. The minimum absolute atomic E-state index is 0.141. The van der Waals surface area contributed by atoms with E-state index >= 15 is 0 Å². The van der Waals surface area contributed by atoms with Crippen molar-refractivity contribution in [2.24, 2.45) is 0 Å². The highest BCUT2D eigenvalue weighted by Gasteiger charge is 2.34. The van der Waals surface area contributed by atoms with Crippen molar-refractivity contribution in [2.75, 3.05) is 13.7 Å². The van der Waals surface area contributed by atoms with Crippen molar-refractivity contribution in [3.63, 3.8) is 0 Å². The number of carbonyl (C=O) groups is 2. The van der Waals surface area contributed by atoms with Gasteiger partial charge in [-0.25, -0.2) is 4.79 Å². The number of nitrogens with one attached hydrogen (secondary N) is 1. The summed E-state index contributed by atoms with van der Waals surface area (Å²) in [6.07, 6.45) is 0.440. The highest BCUT2D eigenvalue weighted by Crippen LogP contribution is 2.16. The van der Waals surface area contributed by atoms with Crippen LogP contribution in [0, 0.1) is 6.92 Å². The smallest absolute Gasteiger partial charge is 0.331 e. The van der Waals surface area contributed by atoms with Crippen LogP contribution >= 0.6 is 0 Å². The molecular weight excluding hydrogens is 258 g/mol. The second kappa shape index (κ2) is 6.93. The Kier molecular flexibility index (Phi) is 5.55. The van der Waals surface area contributed by atoms with E-state index in [1.807, 2.05) is 25.1 Å². The van der Waals surface area contributed by atoms with Crippen molar-refractivity contribution < 1.29 is 19.1 Å². The molecule has 1 N–H and O–H groups in total. The number of hydrogen-bond acceptors (Lipinski definition) is 4. The molecule has 1 rings (SSSR count). The predicted octanol–water partition coefficient (Wildman–Crippen LogP) is 1.83. The van der Waals surface area contributed by atoms with E-state index < -0.39 is 11.5 Å². The number of para-hydroxylation sites is 1.